The highest BCUT2D eigenvalue weighted by Crippen LogP contribution is 2.64. The number of ether oxygens (including phenoxy) is 2. The maximum Gasteiger partial charge on any atom is 0.336 e. The van der Waals surface area contributed by atoms with Crippen molar-refractivity contribution in [3.8, 4) is 11.5 Å². The molecule has 3 aliphatic rings. The average molecular weight is 412 g/mol. The fourth-order valence-corrected chi connectivity index (χ4v) is 5.67. The van der Waals surface area contributed by atoms with Crippen LogP contribution in [0, 0.1) is 11.8 Å². The first-order valence-corrected chi connectivity index (χ1v) is 10.6. The summed E-state index contributed by atoms with van der Waals surface area (Å²) in [6.07, 6.45) is 5.92. The lowest BCUT2D eigenvalue weighted by Crippen LogP contribution is -2.58. The van der Waals surface area contributed by atoms with Crippen LogP contribution in [0.25, 0.3) is 11.0 Å². The molecule has 1 aromatic carbocycles. The minimum Gasteiger partial charge on any atom is -0.487 e. The molecule has 5 rings (SSSR count). The van der Waals surface area contributed by atoms with Gasteiger partial charge in [0.2, 0.25) is 0 Å². The van der Waals surface area contributed by atoms with Crippen LogP contribution in [0.5, 0.6) is 11.5 Å². The summed E-state index contributed by atoms with van der Waals surface area (Å²) in [5, 5.41) is 10.0. The Bertz CT molecular complexity index is 1110. The Morgan fingerprint density at radius 3 is 2.73 bits per heavy atom. The zero-order chi connectivity index (χ0) is 21.5. The molecular weight excluding hydrogens is 384 g/mol. The molecule has 6 heteroatoms. The third kappa shape index (κ3) is 2.73. The van der Waals surface area contributed by atoms with Gasteiger partial charge in [0, 0.05) is 35.4 Å². The van der Waals surface area contributed by atoms with Crippen LogP contribution < -0.4 is 15.1 Å². The van der Waals surface area contributed by atoms with Crippen LogP contribution >= 0.6 is 0 Å². The second-order valence-corrected chi connectivity index (χ2v) is 10.2. The molecule has 1 fully saturated rings. The largest absolute Gasteiger partial charge is 0.487 e. The molecule has 2 aromatic rings. The molecule has 1 N–H and O–H groups in total. The Morgan fingerprint density at radius 2 is 2.00 bits per heavy atom. The van der Waals surface area contributed by atoms with E-state index in [2.05, 4.69) is 31.7 Å². The molecule has 1 unspecified atom stereocenters. The monoisotopic (exact) mass is 412 g/mol. The van der Waals surface area contributed by atoms with Gasteiger partial charge in [0.15, 0.2) is 0 Å². The van der Waals surface area contributed by atoms with E-state index in [0.29, 0.717) is 11.5 Å². The van der Waals surface area contributed by atoms with Gasteiger partial charge < -0.3 is 13.9 Å². The minimum atomic E-state index is -0.786. The van der Waals surface area contributed by atoms with Gasteiger partial charge in [-0.05, 0) is 53.5 Å². The van der Waals surface area contributed by atoms with Crippen molar-refractivity contribution in [3.63, 3.8) is 0 Å². The van der Waals surface area contributed by atoms with Crippen LogP contribution in [0.15, 0.2) is 39.6 Å². The van der Waals surface area contributed by atoms with Gasteiger partial charge >= 0.3 is 5.63 Å². The third-order valence-corrected chi connectivity index (χ3v) is 7.23. The van der Waals surface area contributed by atoms with Crippen molar-refractivity contribution in [2.75, 3.05) is 0 Å². The van der Waals surface area contributed by atoms with Gasteiger partial charge in [0.25, 0.3) is 0 Å². The SMILES string of the molecule is CC(C)(/C=C/[C@@H]1[C@H]2c3c4cc5oc(=O)ccc5c3OC1(C)CC[C@H]2C(C)(C)O4)OO. The van der Waals surface area contributed by atoms with Crippen molar-refractivity contribution in [3.05, 3.63) is 46.3 Å². The van der Waals surface area contributed by atoms with Crippen molar-refractivity contribution in [1.82, 2.24) is 0 Å². The minimum absolute atomic E-state index is 0.0910. The highest BCUT2D eigenvalue weighted by atomic mass is 17.1. The van der Waals surface area contributed by atoms with Crippen molar-refractivity contribution in [1.29, 1.82) is 0 Å². The van der Waals surface area contributed by atoms with E-state index in [1.807, 2.05) is 26.0 Å². The first-order valence-electron chi connectivity index (χ1n) is 10.6. The fourth-order valence-electron chi connectivity index (χ4n) is 5.67. The standard InChI is InChI=1S/C24H28O6/c1-22(2,30-26)10-8-15-19-14-9-11-24(15,5)29-21-13-6-7-18(25)27-16(13)12-17(20(19)21)28-23(14,3)4/h6-8,10,12,14-15,19,26H,9,11H2,1-5H3/b10-8+/t14-,15-,19+,24?/m1/s1. The van der Waals surface area contributed by atoms with Gasteiger partial charge in [-0.1, -0.05) is 12.2 Å². The highest BCUT2D eigenvalue weighted by Gasteiger charge is 2.59. The van der Waals surface area contributed by atoms with Crippen LogP contribution in [0.1, 0.15) is 58.9 Å². The molecule has 1 aromatic heterocycles. The highest BCUT2D eigenvalue weighted by molar-refractivity contribution is 5.88. The van der Waals surface area contributed by atoms with Gasteiger partial charge in [-0.3, -0.25) is 5.26 Å². The molecule has 2 bridgehead atoms. The zero-order valence-corrected chi connectivity index (χ0v) is 18.0. The molecule has 3 heterocycles. The third-order valence-electron chi connectivity index (χ3n) is 7.23. The lowest BCUT2D eigenvalue weighted by Gasteiger charge is -2.58. The molecule has 1 aliphatic carbocycles. The van der Waals surface area contributed by atoms with Crippen LogP contribution in [0.4, 0.5) is 0 Å². The average Bonchev–Trinajstić information content (AvgIpc) is 2.65. The maximum absolute atomic E-state index is 11.8. The Balaban J connectivity index is 1.77. The first kappa shape index (κ1) is 19.6. The summed E-state index contributed by atoms with van der Waals surface area (Å²) in [5.41, 5.74) is -0.439. The Morgan fingerprint density at radius 1 is 1.23 bits per heavy atom. The molecule has 0 radical (unpaired) electrons. The van der Waals surface area contributed by atoms with Crippen molar-refractivity contribution in [2.24, 2.45) is 11.8 Å². The second kappa shape index (κ2) is 6.11. The maximum atomic E-state index is 11.8. The summed E-state index contributed by atoms with van der Waals surface area (Å²) in [5.74, 6) is 2.07. The molecule has 6 nitrogen and oxygen atoms in total. The molecule has 2 aliphatic heterocycles. The topological polar surface area (TPSA) is 78.1 Å². The van der Waals surface area contributed by atoms with E-state index >= 15 is 0 Å². The first-order chi connectivity index (χ1) is 14.0. The van der Waals surface area contributed by atoms with Gasteiger partial charge in [0.1, 0.15) is 33.9 Å². The van der Waals surface area contributed by atoms with Gasteiger partial charge in [-0.25, -0.2) is 9.68 Å². The predicted molar refractivity (Wildman–Crippen MR) is 112 cm³/mol. The van der Waals surface area contributed by atoms with E-state index in [0.717, 1.165) is 35.3 Å². The molecule has 0 amide bonds. The van der Waals surface area contributed by atoms with E-state index in [-0.39, 0.29) is 17.4 Å². The van der Waals surface area contributed by atoms with Crippen LogP contribution in [0.3, 0.4) is 0 Å². The summed E-state index contributed by atoms with van der Waals surface area (Å²) in [7, 11) is 0. The van der Waals surface area contributed by atoms with E-state index in [1.165, 1.54) is 6.07 Å². The van der Waals surface area contributed by atoms with Crippen LogP contribution in [-0.2, 0) is 4.89 Å². The van der Waals surface area contributed by atoms with E-state index in [9.17, 15) is 10.1 Å². The van der Waals surface area contributed by atoms with Crippen molar-refractivity contribution in [2.45, 2.75) is 70.2 Å². The Kier molecular flexibility index (Phi) is 4.00. The van der Waals surface area contributed by atoms with E-state index in [4.69, 9.17) is 13.9 Å². The van der Waals surface area contributed by atoms with Crippen LogP contribution in [0.2, 0.25) is 0 Å². The zero-order valence-electron chi connectivity index (χ0n) is 18.0. The quantitative estimate of drug-likeness (QED) is 0.329. The van der Waals surface area contributed by atoms with E-state index < -0.39 is 16.8 Å². The Hall–Kier alpha value is -2.31. The summed E-state index contributed by atoms with van der Waals surface area (Å²) in [6.45, 7) is 10.0. The lowest BCUT2D eigenvalue weighted by atomic mass is 9.56. The molecule has 4 atom stereocenters. The Labute approximate surface area is 175 Å². The smallest absolute Gasteiger partial charge is 0.336 e. The van der Waals surface area contributed by atoms with Crippen molar-refractivity contribution >= 4 is 11.0 Å². The lowest BCUT2D eigenvalue weighted by molar-refractivity contribution is -0.297. The number of benzene rings is 1. The summed E-state index contributed by atoms with van der Waals surface area (Å²) >= 11 is 0. The molecule has 160 valence electrons. The fraction of sp³-hybridized carbons (Fsp3) is 0.542. The summed E-state index contributed by atoms with van der Waals surface area (Å²) < 4.78 is 18.6. The van der Waals surface area contributed by atoms with Crippen LogP contribution in [-0.4, -0.2) is 22.1 Å². The number of fused-ring (bicyclic) bond motifs is 3. The number of hydrogen-bond donors (Lipinski definition) is 1. The summed E-state index contributed by atoms with van der Waals surface area (Å²) in [4.78, 5) is 16.5. The normalized spacial score (nSPS) is 31.5. The molecular formula is C24H28O6. The molecule has 0 spiro atoms. The van der Waals surface area contributed by atoms with Gasteiger partial charge in [-0.15, -0.1) is 0 Å². The number of rotatable bonds is 3. The second-order valence-electron chi connectivity index (χ2n) is 10.2. The summed E-state index contributed by atoms with van der Waals surface area (Å²) in [6, 6.07) is 5.05. The number of hydrogen-bond acceptors (Lipinski definition) is 6. The van der Waals surface area contributed by atoms with Gasteiger partial charge in [0.05, 0.1) is 5.39 Å². The molecule has 1 saturated carbocycles. The van der Waals surface area contributed by atoms with Gasteiger partial charge in [-0.2, -0.15) is 0 Å². The van der Waals surface area contributed by atoms with Crippen molar-refractivity contribution < 1.29 is 24.0 Å². The molecule has 0 saturated heterocycles. The van der Waals surface area contributed by atoms with E-state index in [1.54, 1.807) is 6.07 Å². The molecule has 30 heavy (non-hydrogen) atoms. The predicted octanol–water partition coefficient (Wildman–Crippen LogP) is 5.05.